The second-order valence-electron chi connectivity index (χ2n) is 4.63. The Morgan fingerprint density at radius 2 is 1.86 bits per heavy atom. The summed E-state index contributed by atoms with van der Waals surface area (Å²) in [7, 11) is -3.47. The van der Waals surface area contributed by atoms with Gasteiger partial charge in [-0.3, -0.25) is 4.79 Å². The smallest absolute Gasteiger partial charge is 0.262 e. The molecule has 6 nitrogen and oxygen atoms in total. The molecule has 2 N–H and O–H groups in total. The van der Waals surface area contributed by atoms with Crippen LogP contribution in [0.15, 0.2) is 29.1 Å². The zero-order valence-corrected chi connectivity index (χ0v) is 12.1. The van der Waals surface area contributed by atoms with E-state index in [0.29, 0.717) is 0 Å². The Morgan fingerprint density at radius 1 is 1.29 bits per heavy atom. The van der Waals surface area contributed by atoms with E-state index in [4.69, 9.17) is 0 Å². The van der Waals surface area contributed by atoms with Crippen LogP contribution in [0.1, 0.15) is 18.0 Å². The van der Waals surface area contributed by atoms with E-state index < -0.39 is 32.3 Å². The highest BCUT2D eigenvalue weighted by Gasteiger charge is 2.22. The van der Waals surface area contributed by atoms with Crippen molar-refractivity contribution in [3.05, 3.63) is 46.3 Å². The summed E-state index contributed by atoms with van der Waals surface area (Å²) in [5.41, 5.74) is -0.555. The van der Waals surface area contributed by atoms with Crippen LogP contribution in [0.2, 0.25) is 0 Å². The van der Waals surface area contributed by atoms with Crippen molar-refractivity contribution in [2.45, 2.75) is 12.2 Å². The van der Waals surface area contributed by atoms with Crippen molar-refractivity contribution in [1.29, 1.82) is 0 Å². The molecule has 0 saturated heterocycles. The molecule has 0 spiro atoms. The van der Waals surface area contributed by atoms with E-state index >= 15 is 0 Å². The fourth-order valence-electron chi connectivity index (χ4n) is 1.75. The van der Waals surface area contributed by atoms with Gasteiger partial charge in [-0.25, -0.2) is 12.8 Å². The molecular formula is C13H13FN2O4S. The van der Waals surface area contributed by atoms with Gasteiger partial charge in [0.2, 0.25) is 5.88 Å². The number of H-pyrrole nitrogens is 1. The molecule has 0 amide bonds. The fraction of sp³-hybridized carbons (Fsp3) is 0.231. The molecule has 0 bridgehead atoms. The van der Waals surface area contributed by atoms with E-state index in [-0.39, 0.29) is 17.0 Å². The molecule has 1 aromatic heterocycles. The van der Waals surface area contributed by atoms with Crippen molar-refractivity contribution in [2.24, 2.45) is 0 Å². The maximum absolute atomic E-state index is 12.9. The molecule has 0 fully saturated rings. The lowest BCUT2D eigenvalue weighted by atomic mass is 10.1. The zero-order valence-electron chi connectivity index (χ0n) is 11.3. The van der Waals surface area contributed by atoms with Crippen LogP contribution in [-0.2, 0) is 9.84 Å². The molecular weight excluding hydrogens is 299 g/mol. The summed E-state index contributed by atoms with van der Waals surface area (Å²) in [6.07, 6.45) is 1.00. The molecule has 0 aliphatic carbocycles. The average molecular weight is 312 g/mol. The third-order valence-corrected chi connectivity index (χ3v) is 4.59. The molecule has 1 aromatic carbocycles. The van der Waals surface area contributed by atoms with Crippen LogP contribution in [0.4, 0.5) is 4.39 Å². The van der Waals surface area contributed by atoms with Gasteiger partial charge in [-0.1, -0.05) is 12.1 Å². The molecule has 1 atom stereocenters. The monoisotopic (exact) mass is 312 g/mol. The molecule has 0 aliphatic rings. The molecule has 2 aromatic rings. The molecule has 0 aliphatic heterocycles. The first-order chi connectivity index (χ1) is 9.70. The SMILES string of the molecule is CC(c1nc(O)c(-c2ccc(F)cc2)c(=O)[nH]1)S(C)(=O)=O. The number of aromatic amines is 1. The van der Waals surface area contributed by atoms with E-state index in [9.17, 15) is 22.7 Å². The van der Waals surface area contributed by atoms with Crippen LogP contribution in [0.5, 0.6) is 5.88 Å². The van der Waals surface area contributed by atoms with Crippen molar-refractivity contribution in [3.8, 4) is 17.0 Å². The summed E-state index contributed by atoms with van der Waals surface area (Å²) >= 11 is 0. The molecule has 21 heavy (non-hydrogen) atoms. The first kappa shape index (κ1) is 15.2. The zero-order chi connectivity index (χ0) is 15.8. The molecule has 0 saturated carbocycles. The van der Waals surface area contributed by atoms with Gasteiger partial charge in [-0.15, -0.1) is 0 Å². The number of hydrogen-bond donors (Lipinski definition) is 2. The lowest BCUT2D eigenvalue weighted by Crippen LogP contribution is -2.19. The average Bonchev–Trinajstić information content (AvgIpc) is 2.38. The van der Waals surface area contributed by atoms with Gasteiger partial charge < -0.3 is 10.1 Å². The Kier molecular flexibility index (Phi) is 3.82. The topological polar surface area (TPSA) is 100 Å². The van der Waals surface area contributed by atoms with Crippen molar-refractivity contribution in [1.82, 2.24) is 9.97 Å². The van der Waals surface area contributed by atoms with E-state index in [1.807, 2.05) is 0 Å². The Hall–Kier alpha value is -2.22. The van der Waals surface area contributed by atoms with E-state index in [1.54, 1.807) is 0 Å². The van der Waals surface area contributed by atoms with E-state index in [1.165, 1.54) is 19.1 Å². The Labute approximate surface area is 120 Å². The number of benzene rings is 1. The third-order valence-electron chi connectivity index (χ3n) is 3.08. The number of halogens is 1. The van der Waals surface area contributed by atoms with Gasteiger partial charge in [0, 0.05) is 6.26 Å². The predicted molar refractivity (Wildman–Crippen MR) is 75.2 cm³/mol. The quantitative estimate of drug-likeness (QED) is 0.892. The lowest BCUT2D eigenvalue weighted by molar-refractivity contribution is 0.449. The number of nitrogens with zero attached hydrogens (tertiary/aromatic N) is 1. The highest BCUT2D eigenvalue weighted by molar-refractivity contribution is 7.90. The number of aromatic nitrogens is 2. The highest BCUT2D eigenvalue weighted by atomic mass is 32.2. The summed E-state index contributed by atoms with van der Waals surface area (Å²) in [5.74, 6) is -1.23. The molecule has 2 rings (SSSR count). The Bertz CT molecular complexity index is 828. The van der Waals surface area contributed by atoms with Crippen molar-refractivity contribution in [2.75, 3.05) is 6.26 Å². The molecule has 1 heterocycles. The van der Waals surface area contributed by atoms with E-state index in [0.717, 1.165) is 18.4 Å². The Morgan fingerprint density at radius 3 is 2.33 bits per heavy atom. The summed E-state index contributed by atoms with van der Waals surface area (Å²) in [4.78, 5) is 18.1. The normalized spacial score (nSPS) is 13.1. The predicted octanol–water partition coefficient (Wildman–Crippen LogP) is 1.39. The Balaban J connectivity index is 2.58. The third kappa shape index (κ3) is 3.10. The van der Waals surface area contributed by atoms with Crippen LogP contribution >= 0.6 is 0 Å². The van der Waals surface area contributed by atoms with Crippen LogP contribution in [0, 0.1) is 5.82 Å². The number of aromatic hydroxyl groups is 1. The van der Waals surface area contributed by atoms with Gasteiger partial charge in [-0.2, -0.15) is 4.98 Å². The maximum atomic E-state index is 12.9. The second-order valence-corrected chi connectivity index (χ2v) is 6.99. The number of sulfone groups is 1. The fourth-order valence-corrected chi connectivity index (χ4v) is 2.27. The largest absolute Gasteiger partial charge is 0.493 e. The van der Waals surface area contributed by atoms with Gasteiger partial charge in [0.1, 0.15) is 22.5 Å². The summed E-state index contributed by atoms with van der Waals surface area (Å²) in [6.45, 7) is 1.35. The first-order valence-electron chi connectivity index (χ1n) is 5.98. The van der Waals surface area contributed by atoms with Gasteiger partial charge in [0.25, 0.3) is 5.56 Å². The van der Waals surface area contributed by atoms with E-state index in [2.05, 4.69) is 9.97 Å². The molecule has 112 valence electrons. The second kappa shape index (κ2) is 5.28. The minimum Gasteiger partial charge on any atom is -0.493 e. The number of nitrogens with one attached hydrogen (secondary N) is 1. The van der Waals surface area contributed by atoms with Crippen molar-refractivity contribution in [3.63, 3.8) is 0 Å². The van der Waals surface area contributed by atoms with Crippen LogP contribution < -0.4 is 5.56 Å². The van der Waals surface area contributed by atoms with Gasteiger partial charge in [0.15, 0.2) is 9.84 Å². The van der Waals surface area contributed by atoms with Gasteiger partial charge in [-0.05, 0) is 24.6 Å². The van der Waals surface area contributed by atoms with Crippen LogP contribution in [-0.4, -0.2) is 29.7 Å². The maximum Gasteiger partial charge on any atom is 0.262 e. The minimum atomic E-state index is -3.47. The minimum absolute atomic E-state index is 0.139. The van der Waals surface area contributed by atoms with Gasteiger partial charge in [0.05, 0.1) is 0 Å². The van der Waals surface area contributed by atoms with Crippen LogP contribution in [0.25, 0.3) is 11.1 Å². The van der Waals surface area contributed by atoms with Crippen molar-refractivity contribution >= 4 is 9.84 Å². The van der Waals surface area contributed by atoms with Crippen LogP contribution in [0.3, 0.4) is 0 Å². The lowest BCUT2D eigenvalue weighted by Gasteiger charge is -2.10. The first-order valence-corrected chi connectivity index (χ1v) is 7.93. The van der Waals surface area contributed by atoms with Gasteiger partial charge >= 0.3 is 0 Å². The summed E-state index contributed by atoms with van der Waals surface area (Å²) in [5, 5.41) is 8.83. The summed E-state index contributed by atoms with van der Waals surface area (Å²) in [6, 6.07) is 4.92. The number of rotatable bonds is 3. The summed E-state index contributed by atoms with van der Waals surface area (Å²) < 4.78 is 35.8. The van der Waals surface area contributed by atoms with Crippen molar-refractivity contribution < 1.29 is 17.9 Å². The number of hydrogen-bond acceptors (Lipinski definition) is 5. The molecule has 1 unspecified atom stereocenters. The standard InChI is InChI=1S/C13H13FN2O4S/c1-7(21(2,19)20)11-15-12(17)10(13(18)16-11)8-3-5-9(14)6-4-8/h3-7H,1-2H3,(H2,15,16,17,18). The molecule has 8 heteroatoms. The highest BCUT2D eigenvalue weighted by Crippen LogP contribution is 2.25. The molecule has 0 radical (unpaired) electrons.